The molecule has 0 saturated carbocycles. The first kappa shape index (κ1) is 12.7. The van der Waals surface area contributed by atoms with E-state index in [-0.39, 0.29) is 17.6 Å². The van der Waals surface area contributed by atoms with Crippen molar-refractivity contribution in [2.75, 3.05) is 0 Å². The van der Waals surface area contributed by atoms with E-state index in [2.05, 4.69) is 5.10 Å². The summed E-state index contributed by atoms with van der Waals surface area (Å²) in [5.74, 6) is -0.0683. The van der Waals surface area contributed by atoms with Crippen molar-refractivity contribution in [3.63, 3.8) is 0 Å². The molecule has 3 rings (SSSR count). The summed E-state index contributed by atoms with van der Waals surface area (Å²) in [4.78, 5) is 0. The third-order valence-corrected chi connectivity index (χ3v) is 3.31. The Balaban J connectivity index is 2.31. The predicted octanol–water partition coefficient (Wildman–Crippen LogP) is 4.13. The van der Waals surface area contributed by atoms with E-state index in [9.17, 15) is 9.50 Å². The minimum absolute atomic E-state index is 0.0697. The zero-order chi connectivity index (χ0) is 14.3. The molecule has 0 unspecified atom stereocenters. The zero-order valence-electron chi connectivity index (χ0n) is 11.3. The zero-order valence-corrected chi connectivity index (χ0v) is 11.3. The highest BCUT2D eigenvalue weighted by Crippen LogP contribution is 2.31. The molecule has 0 saturated heterocycles. The molecule has 1 heterocycles. The lowest BCUT2D eigenvalue weighted by atomic mass is 10.1. The molecule has 20 heavy (non-hydrogen) atoms. The van der Waals surface area contributed by atoms with Crippen LogP contribution in [0.1, 0.15) is 19.9 Å². The van der Waals surface area contributed by atoms with Crippen LogP contribution in [0.5, 0.6) is 5.75 Å². The lowest BCUT2D eigenvalue weighted by Gasteiger charge is -2.06. The standard InChI is InChI=1S/C16H15FN2O/c1-10(2)19-16-13(4-3-5-14(16)17)15(18-19)11-6-8-12(20)9-7-11/h3-10,20H,1-2H3. The Bertz CT molecular complexity index is 760. The van der Waals surface area contributed by atoms with E-state index in [1.54, 1.807) is 35.0 Å². The number of halogens is 1. The summed E-state index contributed by atoms with van der Waals surface area (Å²) in [5.41, 5.74) is 2.11. The molecule has 4 heteroatoms. The van der Waals surface area contributed by atoms with Crippen LogP contribution in [0, 0.1) is 5.82 Å². The number of fused-ring (bicyclic) bond motifs is 1. The van der Waals surface area contributed by atoms with Crippen molar-refractivity contribution in [1.82, 2.24) is 9.78 Å². The van der Waals surface area contributed by atoms with E-state index in [1.807, 2.05) is 19.9 Å². The first-order chi connectivity index (χ1) is 9.58. The fourth-order valence-electron chi connectivity index (χ4n) is 2.36. The highest BCUT2D eigenvalue weighted by molar-refractivity contribution is 5.93. The maximum atomic E-state index is 14.1. The van der Waals surface area contributed by atoms with Gasteiger partial charge in [-0.2, -0.15) is 5.10 Å². The lowest BCUT2D eigenvalue weighted by molar-refractivity contribution is 0.475. The van der Waals surface area contributed by atoms with Gasteiger partial charge in [0.25, 0.3) is 0 Å². The van der Waals surface area contributed by atoms with Gasteiger partial charge in [0.2, 0.25) is 0 Å². The Morgan fingerprint density at radius 2 is 1.80 bits per heavy atom. The molecule has 0 bridgehead atoms. The van der Waals surface area contributed by atoms with Crippen LogP contribution < -0.4 is 0 Å². The van der Waals surface area contributed by atoms with E-state index in [0.717, 1.165) is 16.6 Å². The Kier molecular flexibility index (Phi) is 2.93. The van der Waals surface area contributed by atoms with Gasteiger partial charge in [0.1, 0.15) is 22.8 Å². The highest BCUT2D eigenvalue weighted by atomic mass is 19.1. The quantitative estimate of drug-likeness (QED) is 0.760. The van der Waals surface area contributed by atoms with Crippen LogP contribution in [0.4, 0.5) is 4.39 Å². The van der Waals surface area contributed by atoms with Gasteiger partial charge < -0.3 is 5.11 Å². The average molecular weight is 270 g/mol. The fraction of sp³-hybridized carbons (Fsp3) is 0.188. The molecule has 0 amide bonds. The van der Waals surface area contributed by atoms with Crippen LogP contribution in [0.2, 0.25) is 0 Å². The van der Waals surface area contributed by atoms with Crippen molar-refractivity contribution in [2.24, 2.45) is 0 Å². The van der Waals surface area contributed by atoms with Crippen LogP contribution in [-0.2, 0) is 0 Å². The topological polar surface area (TPSA) is 38.0 Å². The van der Waals surface area contributed by atoms with E-state index < -0.39 is 0 Å². The van der Waals surface area contributed by atoms with Crippen molar-refractivity contribution in [2.45, 2.75) is 19.9 Å². The molecule has 0 spiro atoms. The molecule has 0 atom stereocenters. The Labute approximate surface area is 116 Å². The normalized spacial score (nSPS) is 11.4. The number of phenols is 1. The minimum Gasteiger partial charge on any atom is -0.508 e. The SMILES string of the molecule is CC(C)n1nc(-c2ccc(O)cc2)c2cccc(F)c21. The summed E-state index contributed by atoms with van der Waals surface area (Å²) in [6.45, 7) is 3.94. The summed E-state index contributed by atoms with van der Waals surface area (Å²) in [7, 11) is 0. The summed E-state index contributed by atoms with van der Waals surface area (Å²) in [6.07, 6.45) is 0. The number of aromatic nitrogens is 2. The summed E-state index contributed by atoms with van der Waals surface area (Å²) < 4.78 is 15.8. The van der Waals surface area contributed by atoms with E-state index in [0.29, 0.717) is 5.52 Å². The summed E-state index contributed by atoms with van der Waals surface area (Å²) in [6, 6.07) is 11.9. The monoisotopic (exact) mass is 270 g/mol. The number of para-hydroxylation sites is 1. The second-order valence-corrected chi connectivity index (χ2v) is 5.07. The van der Waals surface area contributed by atoms with Crippen molar-refractivity contribution in [1.29, 1.82) is 0 Å². The third kappa shape index (κ3) is 1.93. The highest BCUT2D eigenvalue weighted by Gasteiger charge is 2.16. The molecule has 3 nitrogen and oxygen atoms in total. The second-order valence-electron chi connectivity index (χ2n) is 5.07. The third-order valence-electron chi connectivity index (χ3n) is 3.31. The average Bonchev–Trinajstić information content (AvgIpc) is 2.81. The number of hydrogen-bond acceptors (Lipinski definition) is 2. The lowest BCUT2D eigenvalue weighted by Crippen LogP contribution is -2.03. The maximum Gasteiger partial charge on any atom is 0.149 e. The number of aromatic hydroxyl groups is 1. The molecule has 1 aromatic heterocycles. The summed E-state index contributed by atoms with van der Waals surface area (Å²) >= 11 is 0. The van der Waals surface area contributed by atoms with Gasteiger partial charge in [-0.15, -0.1) is 0 Å². The Morgan fingerprint density at radius 3 is 2.45 bits per heavy atom. The summed E-state index contributed by atoms with van der Waals surface area (Å²) in [5, 5.41) is 14.7. The van der Waals surface area contributed by atoms with Gasteiger partial charge in [-0.05, 0) is 44.2 Å². The maximum absolute atomic E-state index is 14.1. The van der Waals surface area contributed by atoms with Gasteiger partial charge in [0.05, 0.1) is 0 Å². The van der Waals surface area contributed by atoms with Crippen molar-refractivity contribution in [3.8, 4) is 17.0 Å². The van der Waals surface area contributed by atoms with Gasteiger partial charge in [-0.3, -0.25) is 4.68 Å². The molecular weight excluding hydrogens is 255 g/mol. The molecule has 0 aliphatic carbocycles. The Hall–Kier alpha value is -2.36. The first-order valence-corrected chi connectivity index (χ1v) is 6.54. The van der Waals surface area contributed by atoms with Crippen LogP contribution in [0.25, 0.3) is 22.2 Å². The second kappa shape index (κ2) is 4.63. The fourth-order valence-corrected chi connectivity index (χ4v) is 2.36. The Morgan fingerprint density at radius 1 is 1.10 bits per heavy atom. The van der Waals surface area contributed by atoms with Crippen LogP contribution >= 0.6 is 0 Å². The van der Waals surface area contributed by atoms with Gasteiger partial charge in [-0.1, -0.05) is 12.1 Å². The number of nitrogens with zero attached hydrogens (tertiary/aromatic N) is 2. The van der Waals surface area contributed by atoms with Crippen LogP contribution in [0.15, 0.2) is 42.5 Å². The van der Waals surface area contributed by atoms with Crippen molar-refractivity contribution >= 4 is 10.9 Å². The molecule has 0 aliphatic heterocycles. The smallest absolute Gasteiger partial charge is 0.149 e. The van der Waals surface area contributed by atoms with Crippen LogP contribution in [-0.4, -0.2) is 14.9 Å². The molecule has 2 aromatic carbocycles. The largest absolute Gasteiger partial charge is 0.508 e. The number of hydrogen-bond donors (Lipinski definition) is 1. The predicted molar refractivity (Wildman–Crippen MR) is 77.2 cm³/mol. The molecule has 102 valence electrons. The van der Waals surface area contributed by atoms with Crippen LogP contribution in [0.3, 0.4) is 0 Å². The number of rotatable bonds is 2. The van der Waals surface area contributed by atoms with Crippen molar-refractivity contribution in [3.05, 3.63) is 48.3 Å². The van der Waals surface area contributed by atoms with E-state index >= 15 is 0 Å². The molecule has 3 aromatic rings. The molecule has 1 N–H and O–H groups in total. The molecule has 0 radical (unpaired) electrons. The van der Waals surface area contributed by atoms with Gasteiger partial charge >= 0.3 is 0 Å². The number of benzene rings is 2. The molecular formula is C16H15FN2O. The van der Waals surface area contributed by atoms with E-state index in [4.69, 9.17) is 0 Å². The molecule has 0 aliphatic rings. The van der Waals surface area contributed by atoms with Gasteiger partial charge in [-0.25, -0.2) is 4.39 Å². The van der Waals surface area contributed by atoms with Gasteiger partial charge in [0, 0.05) is 17.0 Å². The molecule has 0 fully saturated rings. The van der Waals surface area contributed by atoms with Crippen molar-refractivity contribution < 1.29 is 9.50 Å². The van der Waals surface area contributed by atoms with E-state index in [1.165, 1.54) is 6.07 Å². The number of phenolic OH excluding ortho intramolecular Hbond substituents is 1. The van der Waals surface area contributed by atoms with Gasteiger partial charge in [0.15, 0.2) is 0 Å². The first-order valence-electron chi connectivity index (χ1n) is 6.54. The minimum atomic E-state index is -0.270.